The van der Waals surface area contributed by atoms with Gasteiger partial charge in [0.2, 0.25) is 0 Å². The molecule has 0 saturated heterocycles. The van der Waals surface area contributed by atoms with Gasteiger partial charge < -0.3 is 10.5 Å². The van der Waals surface area contributed by atoms with Crippen LogP contribution in [-0.4, -0.2) is 13.2 Å². The van der Waals surface area contributed by atoms with Crippen molar-refractivity contribution in [2.24, 2.45) is 0 Å². The summed E-state index contributed by atoms with van der Waals surface area (Å²) in [5.74, 6) is 5.85. The molecular weight excluding hydrogens is 200 g/mol. The number of benzene rings is 1. The van der Waals surface area contributed by atoms with Gasteiger partial charge >= 0.3 is 0 Å². The lowest BCUT2D eigenvalue weighted by atomic mass is 10.1. The van der Waals surface area contributed by atoms with Gasteiger partial charge in [-0.2, -0.15) is 5.26 Å². The lowest BCUT2D eigenvalue weighted by Gasteiger charge is -2.01. The van der Waals surface area contributed by atoms with Gasteiger partial charge in [0.25, 0.3) is 0 Å². The number of hydrogen-bond acceptors (Lipinski definition) is 3. The van der Waals surface area contributed by atoms with Gasteiger partial charge in [-0.15, -0.1) is 0 Å². The van der Waals surface area contributed by atoms with E-state index in [0.29, 0.717) is 30.9 Å². The lowest BCUT2D eigenvalue weighted by Crippen LogP contribution is -1.94. The molecular formula is C13H14N2O. The highest BCUT2D eigenvalue weighted by Gasteiger charge is 1.98. The summed E-state index contributed by atoms with van der Waals surface area (Å²) in [6, 6.07) is 7.28. The smallest absolute Gasteiger partial charge is 0.107 e. The van der Waals surface area contributed by atoms with Crippen LogP contribution < -0.4 is 5.73 Å². The van der Waals surface area contributed by atoms with Crippen LogP contribution in [0.3, 0.4) is 0 Å². The highest BCUT2D eigenvalue weighted by Crippen LogP contribution is 2.13. The van der Waals surface area contributed by atoms with Gasteiger partial charge in [-0.1, -0.05) is 11.8 Å². The third-order valence-corrected chi connectivity index (χ3v) is 2.05. The van der Waals surface area contributed by atoms with Crippen LogP contribution in [0, 0.1) is 23.2 Å². The lowest BCUT2D eigenvalue weighted by molar-refractivity contribution is 0.182. The molecule has 1 aromatic carbocycles. The van der Waals surface area contributed by atoms with Crippen molar-refractivity contribution in [2.75, 3.05) is 18.9 Å². The van der Waals surface area contributed by atoms with Crippen LogP contribution in [0.5, 0.6) is 0 Å². The van der Waals surface area contributed by atoms with Gasteiger partial charge in [0.15, 0.2) is 0 Å². The summed E-state index contributed by atoms with van der Waals surface area (Å²) in [6.45, 7) is 3.03. The predicted octanol–water partition coefficient (Wildman–Crippen LogP) is 1.72. The first kappa shape index (κ1) is 12.1. The van der Waals surface area contributed by atoms with E-state index in [1.807, 2.05) is 6.92 Å². The SMILES string of the molecule is CCOCC#CCc1cc(C#N)ccc1N. The van der Waals surface area contributed by atoms with E-state index in [1.54, 1.807) is 18.2 Å². The minimum absolute atomic E-state index is 0.439. The molecule has 82 valence electrons. The molecule has 0 aliphatic heterocycles. The van der Waals surface area contributed by atoms with Crippen LogP contribution in [0.25, 0.3) is 0 Å². The Morgan fingerprint density at radius 2 is 2.19 bits per heavy atom. The van der Waals surface area contributed by atoms with Crippen molar-refractivity contribution in [1.82, 2.24) is 0 Å². The summed E-state index contributed by atoms with van der Waals surface area (Å²) >= 11 is 0. The highest BCUT2D eigenvalue weighted by molar-refractivity contribution is 5.52. The standard InChI is InChI=1S/C13H14N2O/c1-2-16-8-4-3-5-12-9-11(10-14)6-7-13(12)15/h6-7,9H,2,5,8,15H2,1H3. The van der Waals surface area contributed by atoms with E-state index in [9.17, 15) is 0 Å². The molecule has 0 aliphatic rings. The topological polar surface area (TPSA) is 59.0 Å². The largest absolute Gasteiger partial charge is 0.398 e. The Morgan fingerprint density at radius 1 is 1.38 bits per heavy atom. The van der Waals surface area contributed by atoms with Crippen molar-refractivity contribution in [3.63, 3.8) is 0 Å². The quantitative estimate of drug-likeness (QED) is 0.473. The van der Waals surface area contributed by atoms with Crippen molar-refractivity contribution in [3.8, 4) is 17.9 Å². The van der Waals surface area contributed by atoms with Crippen molar-refractivity contribution in [1.29, 1.82) is 5.26 Å². The second-order valence-corrected chi connectivity index (χ2v) is 3.19. The summed E-state index contributed by atoms with van der Waals surface area (Å²) in [6.07, 6.45) is 0.550. The Balaban J connectivity index is 2.65. The van der Waals surface area contributed by atoms with Crippen molar-refractivity contribution < 1.29 is 4.74 Å². The zero-order valence-corrected chi connectivity index (χ0v) is 9.29. The molecule has 0 atom stereocenters. The Hall–Kier alpha value is -1.97. The maximum absolute atomic E-state index is 8.75. The van der Waals surface area contributed by atoms with Gasteiger partial charge in [-0.25, -0.2) is 0 Å². The minimum atomic E-state index is 0.439. The van der Waals surface area contributed by atoms with Crippen molar-refractivity contribution >= 4 is 5.69 Å². The molecule has 0 bridgehead atoms. The summed E-state index contributed by atoms with van der Waals surface area (Å²) < 4.78 is 5.09. The van der Waals surface area contributed by atoms with Gasteiger partial charge in [0.1, 0.15) is 6.61 Å². The van der Waals surface area contributed by atoms with Crippen LogP contribution in [0.15, 0.2) is 18.2 Å². The molecule has 0 heterocycles. The van der Waals surface area contributed by atoms with Gasteiger partial charge in [-0.05, 0) is 30.7 Å². The van der Waals surface area contributed by atoms with E-state index in [2.05, 4.69) is 17.9 Å². The number of rotatable bonds is 3. The molecule has 0 fully saturated rings. The molecule has 3 heteroatoms. The molecule has 0 unspecified atom stereocenters. The third kappa shape index (κ3) is 3.65. The van der Waals surface area contributed by atoms with Gasteiger partial charge in [0.05, 0.1) is 11.6 Å². The number of nitriles is 1. The third-order valence-electron chi connectivity index (χ3n) is 2.05. The fraction of sp³-hybridized carbons (Fsp3) is 0.308. The molecule has 16 heavy (non-hydrogen) atoms. The van der Waals surface area contributed by atoms with Crippen LogP contribution in [0.1, 0.15) is 18.1 Å². The van der Waals surface area contributed by atoms with Gasteiger partial charge in [0, 0.05) is 18.7 Å². The highest BCUT2D eigenvalue weighted by atomic mass is 16.5. The first-order valence-corrected chi connectivity index (χ1v) is 5.10. The van der Waals surface area contributed by atoms with E-state index in [1.165, 1.54) is 0 Å². The zero-order chi connectivity index (χ0) is 11.8. The summed E-state index contributed by atoms with van der Waals surface area (Å²) in [5, 5.41) is 8.75. The summed E-state index contributed by atoms with van der Waals surface area (Å²) in [5.41, 5.74) is 7.95. The molecule has 3 nitrogen and oxygen atoms in total. The van der Waals surface area contributed by atoms with E-state index in [0.717, 1.165) is 5.56 Å². The first-order chi connectivity index (χ1) is 7.77. The minimum Gasteiger partial charge on any atom is -0.398 e. The fourth-order valence-electron chi connectivity index (χ4n) is 1.19. The number of nitrogens with zero attached hydrogens (tertiary/aromatic N) is 1. The summed E-state index contributed by atoms with van der Waals surface area (Å²) in [4.78, 5) is 0. The molecule has 0 spiro atoms. The van der Waals surface area contributed by atoms with Crippen LogP contribution >= 0.6 is 0 Å². The number of anilines is 1. The Bertz CT molecular complexity index is 449. The number of ether oxygens (including phenoxy) is 1. The average molecular weight is 214 g/mol. The second kappa shape index (κ2) is 6.50. The van der Waals surface area contributed by atoms with E-state index in [4.69, 9.17) is 15.7 Å². The normalized spacial score (nSPS) is 9.00. The molecule has 0 radical (unpaired) electrons. The molecule has 2 N–H and O–H groups in total. The maximum atomic E-state index is 8.75. The van der Waals surface area contributed by atoms with E-state index >= 15 is 0 Å². The maximum Gasteiger partial charge on any atom is 0.107 e. The molecule has 0 aliphatic carbocycles. The molecule has 1 aromatic rings. The first-order valence-electron chi connectivity index (χ1n) is 5.10. The monoisotopic (exact) mass is 214 g/mol. The van der Waals surface area contributed by atoms with E-state index < -0.39 is 0 Å². The van der Waals surface area contributed by atoms with Gasteiger partial charge in [-0.3, -0.25) is 0 Å². The molecule has 0 saturated carbocycles. The second-order valence-electron chi connectivity index (χ2n) is 3.19. The Kier molecular flexibility index (Phi) is 4.92. The number of hydrogen-bond donors (Lipinski definition) is 1. The number of nitrogens with two attached hydrogens (primary N) is 1. The van der Waals surface area contributed by atoms with Crippen LogP contribution in [0.4, 0.5) is 5.69 Å². The van der Waals surface area contributed by atoms with Crippen LogP contribution in [-0.2, 0) is 11.2 Å². The molecule has 0 amide bonds. The Morgan fingerprint density at radius 3 is 2.88 bits per heavy atom. The average Bonchev–Trinajstić information content (AvgIpc) is 2.31. The molecule has 0 aromatic heterocycles. The van der Waals surface area contributed by atoms with E-state index in [-0.39, 0.29) is 0 Å². The number of nitrogen functional groups attached to an aromatic ring is 1. The predicted molar refractivity (Wildman–Crippen MR) is 63.5 cm³/mol. The van der Waals surface area contributed by atoms with Crippen molar-refractivity contribution in [2.45, 2.75) is 13.3 Å². The Labute approximate surface area is 95.8 Å². The van der Waals surface area contributed by atoms with Crippen LogP contribution in [0.2, 0.25) is 0 Å². The van der Waals surface area contributed by atoms with Crippen molar-refractivity contribution in [3.05, 3.63) is 29.3 Å². The molecule has 1 rings (SSSR count). The summed E-state index contributed by atoms with van der Waals surface area (Å²) in [7, 11) is 0. The zero-order valence-electron chi connectivity index (χ0n) is 9.29. The fourth-order valence-corrected chi connectivity index (χ4v) is 1.19.